The lowest BCUT2D eigenvalue weighted by molar-refractivity contribution is 0.0605. The predicted octanol–water partition coefficient (Wildman–Crippen LogP) is 1.61. The van der Waals surface area contributed by atoms with Gasteiger partial charge < -0.3 is 24.7 Å². The Balaban J connectivity index is 1.94. The van der Waals surface area contributed by atoms with E-state index >= 15 is 0 Å². The van der Waals surface area contributed by atoms with Crippen LogP contribution in [0.25, 0.3) is 0 Å². The molecule has 2 N–H and O–H groups in total. The third-order valence-electron chi connectivity index (χ3n) is 4.23. The van der Waals surface area contributed by atoms with Crippen LogP contribution in [-0.2, 0) is 35.3 Å². The molecule has 1 aromatic carbocycles. The van der Waals surface area contributed by atoms with Crippen LogP contribution in [0.4, 0.5) is 0 Å². The van der Waals surface area contributed by atoms with Gasteiger partial charge in [-0.05, 0) is 13.3 Å². The van der Waals surface area contributed by atoms with Crippen LogP contribution < -0.4 is 15.2 Å². The minimum Gasteiger partial charge on any atom is -0.493 e. The Kier molecular flexibility index (Phi) is 4.86. The van der Waals surface area contributed by atoms with Crippen molar-refractivity contribution in [2.75, 3.05) is 33.5 Å². The molecule has 5 nitrogen and oxygen atoms in total. The van der Waals surface area contributed by atoms with Crippen LogP contribution in [0.5, 0.6) is 11.5 Å². The fraction of sp³-hybridized carbons (Fsp3) is 0.647. The average Bonchev–Trinajstić information content (AvgIpc) is 3.14. The molecule has 2 aliphatic heterocycles. The highest BCUT2D eigenvalue weighted by Gasteiger charge is 2.31. The Labute approximate surface area is 131 Å². The third kappa shape index (κ3) is 2.93. The largest absolute Gasteiger partial charge is 0.493 e. The van der Waals surface area contributed by atoms with Gasteiger partial charge in [0.2, 0.25) is 0 Å². The molecule has 0 fully saturated rings. The van der Waals surface area contributed by atoms with Crippen molar-refractivity contribution in [3.05, 3.63) is 22.3 Å². The van der Waals surface area contributed by atoms with Gasteiger partial charge in [-0.15, -0.1) is 0 Å². The van der Waals surface area contributed by atoms with Gasteiger partial charge >= 0.3 is 0 Å². The molecule has 22 heavy (non-hydrogen) atoms. The van der Waals surface area contributed by atoms with E-state index in [1.165, 1.54) is 16.7 Å². The lowest BCUT2D eigenvalue weighted by atomic mass is 9.91. The van der Waals surface area contributed by atoms with E-state index in [0.717, 1.165) is 49.5 Å². The molecule has 0 bridgehead atoms. The van der Waals surface area contributed by atoms with Crippen molar-refractivity contribution >= 4 is 0 Å². The van der Waals surface area contributed by atoms with E-state index in [2.05, 4.69) is 0 Å². The summed E-state index contributed by atoms with van der Waals surface area (Å²) in [5.41, 5.74) is 10.9. The Morgan fingerprint density at radius 2 is 1.68 bits per heavy atom. The standard InChI is InChI=1S/C17H25NO4/c1-11(18)9-14-12-3-5-22-17(12)15(10-20-8-7-19-2)13-4-6-21-16(13)14/h11H,3-10,18H2,1-2H3/t11-/m1/s1. The zero-order chi connectivity index (χ0) is 15.5. The Morgan fingerprint density at radius 1 is 1.05 bits per heavy atom. The second-order valence-corrected chi connectivity index (χ2v) is 6.00. The molecule has 0 spiro atoms. The molecule has 2 aliphatic rings. The second kappa shape index (κ2) is 6.86. The minimum absolute atomic E-state index is 0.113. The van der Waals surface area contributed by atoms with Crippen molar-refractivity contribution in [1.29, 1.82) is 0 Å². The number of benzene rings is 1. The van der Waals surface area contributed by atoms with Gasteiger partial charge in [-0.2, -0.15) is 0 Å². The summed E-state index contributed by atoms with van der Waals surface area (Å²) in [4.78, 5) is 0. The summed E-state index contributed by atoms with van der Waals surface area (Å²) in [6.45, 7) is 5.23. The monoisotopic (exact) mass is 307 g/mol. The number of ether oxygens (including phenoxy) is 4. The van der Waals surface area contributed by atoms with E-state index in [9.17, 15) is 0 Å². The minimum atomic E-state index is 0.113. The predicted molar refractivity (Wildman–Crippen MR) is 83.7 cm³/mol. The van der Waals surface area contributed by atoms with E-state index in [-0.39, 0.29) is 6.04 Å². The molecule has 1 aromatic rings. The van der Waals surface area contributed by atoms with Gasteiger partial charge in [0, 0.05) is 48.2 Å². The molecular weight excluding hydrogens is 282 g/mol. The first-order chi connectivity index (χ1) is 10.7. The van der Waals surface area contributed by atoms with Gasteiger partial charge in [-0.3, -0.25) is 0 Å². The maximum absolute atomic E-state index is 6.03. The van der Waals surface area contributed by atoms with E-state index in [0.29, 0.717) is 19.8 Å². The lowest BCUT2D eigenvalue weighted by Crippen LogP contribution is -2.19. The van der Waals surface area contributed by atoms with Gasteiger partial charge in [-0.25, -0.2) is 0 Å². The summed E-state index contributed by atoms with van der Waals surface area (Å²) in [7, 11) is 1.68. The molecule has 0 saturated heterocycles. The van der Waals surface area contributed by atoms with Crippen molar-refractivity contribution in [3.63, 3.8) is 0 Å². The molecule has 5 heteroatoms. The summed E-state index contributed by atoms with van der Waals surface area (Å²) < 4.78 is 22.6. The lowest BCUT2D eigenvalue weighted by Gasteiger charge is -2.19. The van der Waals surface area contributed by atoms with Crippen molar-refractivity contribution in [2.24, 2.45) is 5.73 Å². The molecule has 0 saturated carbocycles. The van der Waals surface area contributed by atoms with Crippen LogP contribution in [0.15, 0.2) is 0 Å². The molecule has 0 aromatic heterocycles. The quantitative estimate of drug-likeness (QED) is 0.775. The first kappa shape index (κ1) is 15.6. The van der Waals surface area contributed by atoms with E-state index in [1.54, 1.807) is 7.11 Å². The molecule has 1 atom stereocenters. The molecular formula is C17H25NO4. The maximum atomic E-state index is 6.03. The average molecular weight is 307 g/mol. The van der Waals surface area contributed by atoms with Crippen LogP contribution >= 0.6 is 0 Å². The van der Waals surface area contributed by atoms with Crippen molar-refractivity contribution in [3.8, 4) is 11.5 Å². The van der Waals surface area contributed by atoms with E-state index in [4.69, 9.17) is 24.7 Å². The Bertz CT molecular complexity index is 507. The summed E-state index contributed by atoms with van der Waals surface area (Å²) in [5.74, 6) is 2.05. The van der Waals surface area contributed by atoms with Crippen LogP contribution in [-0.4, -0.2) is 39.6 Å². The number of rotatable bonds is 7. The number of nitrogens with two attached hydrogens (primary N) is 1. The van der Waals surface area contributed by atoms with E-state index < -0.39 is 0 Å². The molecule has 0 unspecified atom stereocenters. The summed E-state index contributed by atoms with van der Waals surface area (Å²) in [6, 6.07) is 0.113. The van der Waals surface area contributed by atoms with Crippen LogP contribution in [0.3, 0.4) is 0 Å². The Hall–Kier alpha value is -1.30. The van der Waals surface area contributed by atoms with Crippen LogP contribution in [0, 0.1) is 0 Å². The molecule has 3 rings (SSSR count). The molecule has 0 amide bonds. The topological polar surface area (TPSA) is 62.9 Å². The van der Waals surface area contributed by atoms with Crippen molar-refractivity contribution < 1.29 is 18.9 Å². The molecule has 0 aliphatic carbocycles. The summed E-state index contributed by atoms with van der Waals surface area (Å²) >= 11 is 0. The number of methoxy groups -OCH3 is 1. The number of hydrogen-bond donors (Lipinski definition) is 1. The zero-order valence-electron chi connectivity index (χ0n) is 13.4. The van der Waals surface area contributed by atoms with Gasteiger partial charge in [0.15, 0.2) is 0 Å². The molecule has 2 heterocycles. The highest BCUT2D eigenvalue weighted by molar-refractivity contribution is 5.62. The van der Waals surface area contributed by atoms with E-state index in [1.807, 2.05) is 6.92 Å². The fourth-order valence-corrected chi connectivity index (χ4v) is 3.31. The number of fused-ring (bicyclic) bond motifs is 2. The fourth-order valence-electron chi connectivity index (χ4n) is 3.31. The first-order valence-corrected chi connectivity index (χ1v) is 7.99. The normalized spacial score (nSPS) is 16.9. The third-order valence-corrected chi connectivity index (χ3v) is 4.23. The zero-order valence-corrected chi connectivity index (χ0v) is 13.4. The van der Waals surface area contributed by atoms with Gasteiger partial charge in [-0.1, -0.05) is 0 Å². The molecule has 122 valence electrons. The molecule has 0 radical (unpaired) electrons. The second-order valence-electron chi connectivity index (χ2n) is 6.00. The SMILES string of the molecule is COCCOCc1c2c(c(C[C@@H](C)N)c3c1OCC3)OCC2. The first-order valence-electron chi connectivity index (χ1n) is 7.99. The summed E-state index contributed by atoms with van der Waals surface area (Å²) in [5, 5.41) is 0. The van der Waals surface area contributed by atoms with Crippen molar-refractivity contribution in [2.45, 2.75) is 38.8 Å². The Morgan fingerprint density at radius 3 is 2.32 bits per heavy atom. The van der Waals surface area contributed by atoms with Gasteiger partial charge in [0.05, 0.1) is 33.0 Å². The van der Waals surface area contributed by atoms with Gasteiger partial charge in [0.1, 0.15) is 11.5 Å². The maximum Gasteiger partial charge on any atom is 0.128 e. The number of hydrogen-bond acceptors (Lipinski definition) is 5. The van der Waals surface area contributed by atoms with Gasteiger partial charge in [0.25, 0.3) is 0 Å². The smallest absolute Gasteiger partial charge is 0.128 e. The van der Waals surface area contributed by atoms with Crippen LogP contribution in [0.2, 0.25) is 0 Å². The highest BCUT2D eigenvalue weighted by Crippen LogP contribution is 2.45. The summed E-state index contributed by atoms with van der Waals surface area (Å²) in [6.07, 6.45) is 2.68. The van der Waals surface area contributed by atoms with Crippen LogP contribution in [0.1, 0.15) is 29.2 Å². The highest BCUT2D eigenvalue weighted by atomic mass is 16.5. The van der Waals surface area contributed by atoms with Crippen molar-refractivity contribution in [1.82, 2.24) is 0 Å².